The smallest absolute Gasteiger partial charge is 0.249 e. The fraction of sp³-hybridized carbons (Fsp3) is 0.286. The molecule has 0 aliphatic carbocycles. The van der Waals surface area contributed by atoms with Crippen molar-refractivity contribution >= 4 is 28.5 Å². The second-order valence-electron chi connectivity index (χ2n) is 9.12. The molecule has 2 unspecified atom stereocenters. The average molecular weight is 502 g/mol. The molecule has 2 heterocycles. The molecule has 0 radical (unpaired) electrons. The third kappa shape index (κ3) is 5.36. The van der Waals surface area contributed by atoms with Gasteiger partial charge in [-0.1, -0.05) is 47.7 Å². The highest BCUT2D eigenvalue weighted by Crippen LogP contribution is 2.31. The van der Waals surface area contributed by atoms with Crippen molar-refractivity contribution in [3.8, 4) is 0 Å². The van der Waals surface area contributed by atoms with E-state index in [-0.39, 0.29) is 24.5 Å². The molecule has 37 heavy (non-hydrogen) atoms. The maximum Gasteiger partial charge on any atom is 0.249 e. The number of nitrogens with zero attached hydrogens (tertiary/aromatic N) is 4. The van der Waals surface area contributed by atoms with Crippen molar-refractivity contribution in [2.45, 2.75) is 38.5 Å². The molecule has 3 aromatic carbocycles. The summed E-state index contributed by atoms with van der Waals surface area (Å²) in [4.78, 5) is 29.2. The molecule has 2 amide bonds. The predicted molar refractivity (Wildman–Crippen MR) is 137 cm³/mol. The number of carbonyl (C=O) groups is 2. The minimum absolute atomic E-state index is 0.0676. The summed E-state index contributed by atoms with van der Waals surface area (Å²) in [7, 11) is 0. The summed E-state index contributed by atoms with van der Waals surface area (Å²) in [5, 5.41) is 11.3. The van der Waals surface area contributed by atoms with Crippen molar-refractivity contribution in [2.75, 3.05) is 18.1 Å². The van der Waals surface area contributed by atoms with E-state index in [0.717, 1.165) is 18.4 Å². The topological polar surface area (TPSA) is 89.4 Å². The molecule has 1 saturated heterocycles. The first kappa shape index (κ1) is 24.6. The van der Waals surface area contributed by atoms with Gasteiger partial charge in [-0.05, 0) is 61.2 Å². The number of aromatic nitrogens is 3. The molecule has 1 N–H and O–H groups in total. The Balaban J connectivity index is 1.54. The lowest BCUT2D eigenvalue weighted by Crippen LogP contribution is -2.47. The number of halogens is 1. The lowest BCUT2D eigenvalue weighted by atomic mass is 10.0. The number of para-hydroxylation sites is 2. The van der Waals surface area contributed by atoms with Gasteiger partial charge in [0.15, 0.2) is 0 Å². The van der Waals surface area contributed by atoms with Gasteiger partial charge < -0.3 is 10.1 Å². The Bertz CT molecular complexity index is 1400. The van der Waals surface area contributed by atoms with Crippen LogP contribution in [0, 0.1) is 12.7 Å². The van der Waals surface area contributed by atoms with E-state index in [1.54, 1.807) is 6.07 Å². The van der Waals surface area contributed by atoms with Gasteiger partial charge in [-0.25, -0.2) is 9.07 Å². The van der Waals surface area contributed by atoms with E-state index in [9.17, 15) is 14.0 Å². The molecule has 2 atom stereocenters. The van der Waals surface area contributed by atoms with E-state index < -0.39 is 11.9 Å². The van der Waals surface area contributed by atoms with E-state index in [2.05, 4.69) is 15.6 Å². The van der Waals surface area contributed by atoms with Crippen LogP contribution >= 0.6 is 0 Å². The number of hydrogen-bond donors (Lipinski definition) is 1. The first-order chi connectivity index (χ1) is 18.0. The Morgan fingerprint density at radius 1 is 1.11 bits per heavy atom. The van der Waals surface area contributed by atoms with E-state index in [0.29, 0.717) is 35.4 Å². The normalized spacial score (nSPS) is 16.0. The first-order valence-corrected chi connectivity index (χ1v) is 12.3. The summed E-state index contributed by atoms with van der Waals surface area (Å²) in [6, 6.07) is 19.4. The van der Waals surface area contributed by atoms with Crippen LogP contribution in [0.5, 0.6) is 0 Å². The van der Waals surface area contributed by atoms with Crippen LogP contribution in [0.4, 0.5) is 10.1 Å². The number of benzene rings is 3. The second-order valence-corrected chi connectivity index (χ2v) is 9.12. The Hall–Kier alpha value is -4.11. The van der Waals surface area contributed by atoms with Crippen molar-refractivity contribution in [2.24, 2.45) is 0 Å². The summed E-state index contributed by atoms with van der Waals surface area (Å²) in [5.74, 6) is -1.15. The molecule has 1 aliphatic heterocycles. The highest BCUT2D eigenvalue weighted by atomic mass is 19.1. The maximum absolute atomic E-state index is 14.0. The molecular weight excluding hydrogens is 473 g/mol. The van der Waals surface area contributed by atoms with Gasteiger partial charge in [-0.15, -0.1) is 5.10 Å². The van der Waals surface area contributed by atoms with Crippen LogP contribution in [0.1, 0.15) is 30.0 Å². The fourth-order valence-electron chi connectivity index (χ4n) is 4.67. The molecular formula is C28H28FN5O3. The number of rotatable bonds is 8. The number of ether oxygens (including phenoxy) is 1. The summed E-state index contributed by atoms with van der Waals surface area (Å²) in [6.45, 7) is 2.75. The monoisotopic (exact) mass is 501 g/mol. The summed E-state index contributed by atoms with van der Waals surface area (Å²) in [6.07, 6.45) is 1.74. The van der Waals surface area contributed by atoms with E-state index in [1.165, 1.54) is 33.8 Å². The molecule has 0 saturated carbocycles. The van der Waals surface area contributed by atoms with Crippen LogP contribution in [-0.4, -0.2) is 46.1 Å². The minimum atomic E-state index is -1.04. The molecule has 9 heteroatoms. The average Bonchev–Trinajstić information content (AvgIpc) is 3.58. The van der Waals surface area contributed by atoms with E-state index >= 15 is 0 Å². The van der Waals surface area contributed by atoms with Gasteiger partial charge in [0.25, 0.3) is 0 Å². The molecule has 4 aromatic rings. The second kappa shape index (κ2) is 10.9. The summed E-state index contributed by atoms with van der Waals surface area (Å²) >= 11 is 0. The Kier molecular flexibility index (Phi) is 7.23. The molecule has 0 bridgehead atoms. The van der Waals surface area contributed by atoms with Gasteiger partial charge in [0, 0.05) is 18.8 Å². The van der Waals surface area contributed by atoms with Gasteiger partial charge in [-0.2, -0.15) is 0 Å². The van der Waals surface area contributed by atoms with Gasteiger partial charge >= 0.3 is 0 Å². The molecule has 5 rings (SSSR count). The number of hydrogen-bond acceptors (Lipinski definition) is 5. The van der Waals surface area contributed by atoms with Crippen molar-refractivity contribution in [3.05, 3.63) is 89.7 Å². The van der Waals surface area contributed by atoms with Crippen LogP contribution in [-0.2, 0) is 20.9 Å². The fourth-order valence-corrected chi connectivity index (χ4v) is 4.67. The zero-order chi connectivity index (χ0) is 25.8. The number of fused-ring (bicyclic) bond motifs is 1. The lowest BCUT2D eigenvalue weighted by Gasteiger charge is -2.33. The van der Waals surface area contributed by atoms with Crippen molar-refractivity contribution in [1.82, 2.24) is 20.3 Å². The zero-order valence-corrected chi connectivity index (χ0v) is 20.5. The molecule has 0 spiro atoms. The van der Waals surface area contributed by atoms with Crippen LogP contribution < -0.4 is 10.2 Å². The van der Waals surface area contributed by atoms with Crippen LogP contribution in [0.25, 0.3) is 11.0 Å². The summed E-state index contributed by atoms with van der Waals surface area (Å²) < 4.78 is 21.0. The first-order valence-electron chi connectivity index (χ1n) is 12.3. The number of nitrogens with one attached hydrogen (secondary N) is 1. The molecule has 1 aliphatic rings. The number of amides is 2. The van der Waals surface area contributed by atoms with E-state index in [4.69, 9.17) is 4.74 Å². The molecule has 1 fully saturated rings. The quantitative estimate of drug-likeness (QED) is 0.395. The lowest BCUT2D eigenvalue weighted by molar-refractivity contribution is -0.127. The Labute approximate surface area is 214 Å². The summed E-state index contributed by atoms with van der Waals surface area (Å²) in [5.41, 5.74) is 3.27. The molecule has 8 nitrogen and oxygen atoms in total. The predicted octanol–water partition coefficient (Wildman–Crippen LogP) is 3.95. The Morgan fingerprint density at radius 3 is 2.62 bits per heavy atom. The standard InChI is InChI=1S/C28H28FN5O3/c1-19-7-2-4-10-24(19)34(26(35)18-33-25-11-5-3-9-23(25)31-32-33)27(20-12-14-21(29)15-13-20)28(36)30-17-22-8-6-16-37-22/h2-5,7,9-15,22,27H,6,8,16-18H2,1H3,(H,30,36). The zero-order valence-electron chi connectivity index (χ0n) is 20.5. The maximum atomic E-state index is 14.0. The third-order valence-corrected chi connectivity index (χ3v) is 6.57. The van der Waals surface area contributed by atoms with Crippen molar-refractivity contribution < 1.29 is 18.7 Å². The highest BCUT2D eigenvalue weighted by molar-refractivity contribution is 6.02. The Morgan fingerprint density at radius 2 is 1.86 bits per heavy atom. The number of aryl methyl sites for hydroxylation is 1. The number of anilines is 1. The van der Waals surface area contributed by atoms with E-state index in [1.807, 2.05) is 49.4 Å². The molecule has 1 aromatic heterocycles. The van der Waals surface area contributed by atoms with Crippen LogP contribution in [0.3, 0.4) is 0 Å². The third-order valence-electron chi connectivity index (χ3n) is 6.57. The van der Waals surface area contributed by atoms with Crippen LogP contribution in [0.15, 0.2) is 72.8 Å². The van der Waals surface area contributed by atoms with Crippen molar-refractivity contribution in [3.63, 3.8) is 0 Å². The van der Waals surface area contributed by atoms with Gasteiger partial charge in [-0.3, -0.25) is 14.5 Å². The van der Waals surface area contributed by atoms with Crippen LogP contribution in [0.2, 0.25) is 0 Å². The minimum Gasteiger partial charge on any atom is -0.376 e. The molecule has 190 valence electrons. The SMILES string of the molecule is Cc1ccccc1N(C(=O)Cn1nnc2ccccc21)C(C(=O)NCC1CCCO1)c1ccc(F)cc1. The highest BCUT2D eigenvalue weighted by Gasteiger charge is 2.34. The van der Waals surface area contributed by atoms with Gasteiger partial charge in [0.1, 0.15) is 23.9 Å². The van der Waals surface area contributed by atoms with Gasteiger partial charge in [0.05, 0.1) is 11.6 Å². The number of carbonyl (C=O) groups excluding carboxylic acids is 2. The van der Waals surface area contributed by atoms with Gasteiger partial charge in [0.2, 0.25) is 11.8 Å². The van der Waals surface area contributed by atoms with Crippen molar-refractivity contribution in [1.29, 1.82) is 0 Å². The largest absolute Gasteiger partial charge is 0.376 e.